The van der Waals surface area contributed by atoms with Gasteiger partial charge in [-0.2, -0.15) is 0 Å². The number of fused-ring (bicyclic) bond motifs is 5. The molecule has 1 nitrogen and oxygen atoms in total. The molecule has 0 unspecified atom stereocenters. The molecule has 4 rings (SSSR count). The van der Waals surface area contributed by atoms with Crippen molar-refractivity contribution in [2.45, 2.75) is 0 Å². The molecule has 0 radical (unpaired) electrons. The predicted octanol–water partition coefficient (Wildman–Crippen LogP) is 4.60. The lowest BCUT2D eigenvalue weighted by atomic mass is 10.1. The highest BCUT2D eigenvalue weighted by molar-refractivity contribution is 7.26. The van der Waals surface area contributed by atoms with Gasteiger partial charge in [-0.3, -0.25) is 4.98 Å². The Morgan fingerprint density at radius 3 is 2.53 bits per heavy atom. The molecule has 2 aromatic carbocycles. The molecule has 2 heteroatoms. The summed E-state index contributed by atoms with van der Waals surface area (Å²) >= 11 is 1.83. The summed E-state index contributed by atoms with van der Waals surface area (Å²) in [4.78, 5) is 4.61. The van der Waals surface area contributed by atoms with E-state index in [1.807, 2.05) is 17.5 Å². The minimum atomic E-state index is 1.13. The zero-order valence-corrected chi connectivity index (χ0v) is 9.87. The van der Waals surface area contributed by atoms with Gasteiger partial charge in [-0.05, 0) is 6.07 Å². The number of rotatable bonds is 0. The van der Waals surface area contributed by atoms with E-state index >= 15 is 0 Å². The second kappa shape index (κ2) is 3.28. The third kappa shape index (κ3) is 1.22. The molecule has 0 spiro atoms. The molecule has 0 fully saturated rings. The molecule has 17 heavy (non-hydrogen) atoms. The summed E-state index contributed by atoms with van der Waals surface area (Å²) in [5.41, 5.74) is 1.13. The summed E-state index contributed by atoms with van der Waals surface area (Å²) in [6, 6.07) is 16.9. The van der Waals surface area contributed by atoms with Gasteiger partial charge in [0.05, 0.1) is 10.2 Å². The van der Waals surface area contributed by atoms with Gasteiger partial charge in [0.25, 0.3) is 0 Å². The second-order valence-corrected chi connectivity index (χ2v) is 5.17. The van der Waals surface area contributed by atoms with Crippen molar-refractivity contribution in [2.75, 3.05) is 0 Å². The van der Waals surface area contributed by atoms with Gasteiger partial charge in [0.1, 0.15) is 0 Å². The third-order valence-electron chi connectivity index (χ3n) is 3.11. The maximum absolute atomic E-state index is 4.61. The SMILES string of the molecule is c1ccc2c(c1)cnc1c3ccccc3sc21. The number of benzene rings is 2. The molecule has 0 amide bonds. The van der Waals surface area contributed by atoms with Crippen molar-refractivity contribution in [2.24, 2.45) is 0 Å². The molecule has 2 heterocycles. The Balaban J connectivity index is 2.34. The van der Waals surface area contributed by atoms with E-state index in [2.05, 4.69) is 53.5 Å². The van der Waals surface area contributed by atoms with Crippen molar-refractivity contribution in [3.63, 3.8) is 0 Å². The fourth-order valence-electron chi connectivity index (χ4n) is 2.29. The lowest BCUT2D eigenvalue weighted by molar-refractivity contribution is 1.47. The van der Waals surface area contributed by atoms with Crippen molar-refractivity contribution in [3.05, 3.63) is 54.7 Å². The van der Waals surface area contributed by atoms with E-state index in [-0.39, 0.29) is 0 Å². The minimum Gasteiger partial charge on any atom is -0.254 e. The summed E-state index contributed by atoms with van der Waals surface area (Å²) in [6.07, 6.45) is 1.97. The van der Waals surface area contributed by atoms with Crippen LogP contribution in [0.15, 0.2) is 54.7 Å². The topological polar surface area (TPSA) is 12.9 Å². The van der Waals surface area contributed by atoms with Crippen LogP contribution in [-0.2, 0) is 0 Å². The van der Waals surface area contributed by atoms with Crippen LogP contribution >= 0.6 is 11.3 Å². The number of pyridine rings is 1. The summed E-state index contributed by atoms with van der Waals surface area (Å²) in [7, 11) is 0. The predicted molar refractivity (Wildman–Crippen MR) is 74.6 cm³/mol. The average Bonchev–Trinajstić information content (AvgIpc) is 2.78. The molecule has 0 aliphatic heterocycles. The Morgan fingerprint density at radius 2 is 1.59 bits per heavy atom. The molecule has 0 atom stereocenters. The van der Waals surface area contributed by atoms with Crippen LogP contribution in [0.4, 0.5) is 0 Å². The van der Waals surface area contributed by atoms with E-state index in [1.54, 1.807) is 0 Å². The van der Waals surface area contributed by atoms with E-state index in [9.17, 15) is 0 Å². The molecular formula is C15H9NS. The molecule has 2 aromatic heterocycles. The van der Waals surface area contributed by atoms with Crippen LogP contribution < -0.4 is 0 Å². The third-order valence-corrected chi connectivity index (χ3v) is 4.30. The number of nitrogens with zero attached hydrogens (tertiary/aromatic N) is 1. The van der Waals surface area contributed by atoms with Gasteiger partial charge < -0.3 is 0 Å². The Morgan fingerprint density at radius 1 is 0.824 bits per heavy atom. The van der Waals surface area contributed by atoms with Crippen molar-refractivity contribution >= 4 is 42.4 Å². The number of aromatic nitrogens is 1. The smallest absolute Gasteiger partial charge is 0.0894 e. The molecule has 0 aliphatic rings. The van der Waals surface area contributed by atoms with E-state index in [0.29, 0.717) is 0 Å². The van der Waals surface area contributed by atoms with Crippen LogP contribution in [0.5, 0.6) is 0 Å². The average molecular weight is 235 g/mol. The van der Waals surface area contributed by atoms with Crippen LogP contribution in [0, 0.1) is 0 Å². The Hall–Kier alpha value is -1.93. The highest BCUT2D eigenvalue weighted by atomic mass is 32.1. The summed E-state index contributed by atoms with van der Waals surface area (Å²) in [6.45, 7) is 0. The zero-order valence-electron chi connectivity index (χ0n) is 9.05. The van der Waals surface area contributed by atoms with Crippen molar-refractivity contribution in [1.82, 2.24) is 4.98 Å². The van der Waals surface area contributed by atoms with E-state index < -0.39 is 0 Å². The van der Waals surface area contributed by atoms with Crippen molar-refractivity contribution < 1.29 is 0 Å². The number of hydrogen-bond donors (Lipinski definition) is 0. The molecule has 0 aliphatic carbocycles. The first-order valence-electron chi connectivity index (χ1n) is 5.58. The Bertz CT molecular complexity index is 845. The fourth-order valence-corrected chi connectivity index (χ4v) is 3.49. The van der Waals surface area contributed by atoms with Crippen molar-refractivity contribution in [1.29, 1.82) is 0 Å². The second-order valence-electron chi connectivity index (χ2n) is 4.12. The largest absolute Gasteiger partial charge is 0.254 e. The van der Waals surface area contributed by atoms with Crippen LogP contribution in [0.25, 0.3) is 31.1 Å². The first-order chi connectivity index (χ1) is 8.43. The Kier molecular flexibility index (Phi) is 1.76. The van der Waals surface area contributed by atoms with Crippen LogP contribution in [-0.4, -0.2) is 4.98 Å². The van der Waals surface area contributed by atoms with E-state index in [1.165, 1.54) is 25.6 Å². The molecule has 4 aromatic rings. The monoisotopic (exact) mass is 235 g/mol. The molecule has 80 valence electrons. The standard InChI is InChI=1S/C15H9NS/c1-2-6-11-10(5-1)9-16-14-12-7-3-4-8-13(12)17-15(11)14/h1-9H. The lowest BCUT2D eigenvalue weighted by Crippen LogP contribution is -1.76. The highest BCUT2D eigenvalue weighted by Gasteiger charge is 2.08. The van der Waals surface area contributed by atoms with E-state index in [4.69, 9.17) is 0 Å². The van der Waals surface area contributed by atoms with Gasteiger partial charge >= 0.3 is 0 Å². The van der Waals surface area contributed by atoms with E-state index in [0.717, 1.165) is 5.52 Å². The van der Waals surface area contributed by atoms with Crippen molar-refractivity contribution in [3.8, 4) is 0 Å². The van der Waals surface area contributed by atoms with Crippen LogP contribution in [0.1, 0.15) is 0 Å². The number of thiophene rings is 1. The fraction of sp³-hybridized carbons (Fsp3) is 0. The summed E-state index contributed by atoms with van der Waals surface area (Å²) in [5.74, 6) is 0. The molecule has 0 saturated heterocycles. The maximum Gasteiger partial charge on any atom is 0.0894 e. The van der Waals surface area contributed by atoms with Gasteiger partial charge in [0.15, 0.2) is 0 Å². The van der Waals surface area contributed by atoms with Gasteiger partial charge in [-0.1, -0.05) is 42.5 Å². The molecule has 0 saturated carbocycles. The molecule has 0 bridgehead atoms. The first-order valence-corrected chi connectivity index (χ1v) is 6.40. The van der Waals surface area contributed by atoms with Crippen LogP contribution in [0.3, 0.4) is 0 Å². The normalized spacial score (nSPS) is 11.5. The highest BCUT2D eigenvalue weighted by Crippen LogP contribution is 2.36. The summed E-state index contributed by atoms with van der Waals surface area (Å²) in [5, 5.41) is 3.78. The summed E-state index contributed by atoms with van der Waals surface area (Å²) < 4.78 is 2.61. The quantitative estimate of drug-likeness (QED) is 0.434. The minimum absolute atomic E-state index is 1.13. The lowest BCUT2D eigenvalue weighted by Gasteiger charge is -1.97. The van der Waals surface area contributed by atoms with Crippen LogP contribution in [0.2, 0.25) is 0 Å². The first kappa shape index (κ1) is 9.14. The zero-order chi connectivity index (χ0) is 11.2. The molecular weight excluding hydrogens is 226 g/mol. The van der Waals surface area contributed by atoms with Gasteiger partial charge in [-0.15, -0.1) is 11.3 Å². The Labute approximate surface area is 102 Å². The van der Waals surface area contributed by atoms with Gasteiger partial charge in [-0.25, -0.2) is 0 Å². The van der Waals surface area contributed by atoms with Gasteiger partial charge in [0.2, 0.25) is 0 Å². The van der Waals surface area contributed by atoms with Gasteiger partial charge in [0, 0.05) is 27.1 Å². The number of hydrogen-bond acceptors (Lipinski definition) is 2. The maximum atomic E-state index is 4.61. The molecule has 0 N–H and O–H groups in total.